The van der Waals surface area contributed by atoms with Crippen molar-refractivity contribution < 1.29 is 4.79 Å². The summed E-state index contributed by atoms with van der Waals surface area (Å²) in [6.07, 6.45) is 3.55. The maximum atomic E-state index is 12.9. The van der Waals surface area contributed by atoms with Crippen LogP contribution in [0.3, 0.4) is 0 Å². The molecule has 7 heteroatoms. The normalized spacial score (nSPS) is 11.0. The highest BCUT2D eigenvalue weighted by Crippen LogP contribution is 2.28. The van der Waals surface area contributed by atoms with Crippen LogP contribution in [0.15, 0.2) is 30.7 Å². The second-order valence-corrected chi connectivity index (χ2v) is 6.90. The van der Waals surface area contributed by atoms with Crippen LogP contribution >= 0.6 is 11.3 Å². The molecule has 0 atom stereocenters. The monoisotopic (exact) mass is 343 g/mol. The summed E-state index contributed by atoms with van der Waals surface area (Å²) in [5.41, 5.74) is 2.63. The SMILES string of the molecule is CCN(Cc1cncn1C)C(=O)c1ccc2nc(N(C)C)sc2c1. The van der Waals surface area contributed by atoms with Gasteiger partial charge in [-0.15, -0.1) is 0 Å². The lowest BCUT2D eigenvalue weighted by molar-refractivity contribution is 0.0749. The Bertz CT molecular complexity index is 867. The van der Waals surface area contributed by atoms with Crippen molar-refractivity contribution in [3.05, 3.63) is 42.0 Å². The minimum absolute atomic E-state index is 0.0282. The summed E-state index contributed by atoms with van der Waals surface area (Å²) in [5.74, 6) is 0.0282. The molecule has 0 N–H and O–H groups in total. The van der Waals surface area contributed by atoms with Crippen molar-refractivity contribution >= 4 is 32.6 Å². The number of carbonyl (C=O) groups is 1. The van der Waals surface area contributed by atoms with Gasteiger partial charge in [0, 0.05) is 39.4 Å². The van der Waals surface area contributed by atoms with E-state index in [1.54, 1.807) is 23.9 Å². The molecule has 0 aliphatic heterocycles. The van der Waals surface area contributed by atoms with Gasteiger partial charge in [-0.1, -0.05) is 11.3 Å². The van der Waals surface area contributed by atoms with Crippen molar-refractivity contribution in [2.24, 2.45) is 7.05 Å². The van der Waals surface area contributed by atoms with E-state index in [4.69, 9.17) is 0 Å². The van der Waals surface area contributed by atoms with E-state index in [2.05, 4.69) is 9.97 Å². The number of aryl methyl sites for hydroxylation is 1. The zero-order valence-electron chi connectivity index (χ0n) is 14.4. The number of nitrogens with zero attached hydrogens (tertiary/aromatic N) is 5. The Hall–Kier alpha value is -2.41. The average Bonchev–Trinajstić information content (AvgIpc) is 3.17. The molecule has 0 aliphatic rings. The Balaban J connectivity index is 1.87. The molecule has 3 rings (SSSR count). The van der Waals surface area contributed by atoms with Crippen LogP contribution in [0.2, 0.25) is 0 Å². The zero-order chi connectivity index (χ0) is 17.3. The van der Waals surface area contributed by atoms with Crippen LogP contribution < -0.4 is 4.90 Å². The van der Waals surface area contributed by atoms with Crippen molar-refractivity contribution in [2.45, 2.75) is 13.5 Å². The van der Waals surface area contributed by atoms with Crippen molar-refractivity contribution in [2.75, 3.05) is 25.5 Å². The van der Waals surface area contributed by atoms with Gasteiger partial charge in [0.05, 0.1) is 28.8 Å². The molecule has 3 aromatic rings. The van der Waals surface area contributed by atoms with Gasteiger partial charge in [0.1, 0.15) is 0 Å². The number of fused-ring (bicyclic) bond motifs is 1. The van der Waals surface area contributed by atoms with Crippen molar-refractivity contribution in [3.8, 4) is 0 Å². The molecule has 0 saturated heterocycles. The van der Waals surface area contributed by atoms with Crippen molar-refractivity contribution in [3.63, 3.8) is 0 Å². The smallest absolute Gasteiger partial charge is 0.254 e. The molecule has 1 amide bonds. The van der Waals surface area contributed by atoms with Crippen LogP contribution in [-0.2, 0) is 13.6 Å². The van der Waals surface area contributed by atoms with Crippen LogP contribution in [0.1, 0.15) is 23.0 Å². The molecule has 24 heavy (non-hydrogen) atoms. The molecule has 0 fully saturated rings. The molecule has 0 saturated carbocycles. The maximum absolute atomic E-state index is 12.9. The van der Waals surface area contributed by atoms with Crippen LogP contribution in [-0.4, -0.2) is 46.0 Å². The van der Waals surface area contributed by atoms with Gasteiger partial charge in [-0.3, -0.25) is 4.79 Å². The lowest BCUT2D eigenvalue weighted by Gasteiger charge is -2.21. The molecular formula is C17H21N5OS. The van der Waals surface area contributed by atoms with Crippen molar-refractivity contribution in [1.29, 1.82) is 0 Å². The van der Waals surface area contributed by atoms with E-state index in [0.717, 1.165) is 21.0 Å². The third-order valence-corrected chi connectivity index (χ3v) is 5.13. The Morgan fingerprint density at radius 1 is 1.33 bits per heavy atom. The summed E-state index contributed by atoms with van der Waals surface area (Å²) >= 11 is 1.59. The number of benzene rings is 1. The van der Waals surface area contributed by atoms with E-state index >= 15 is 0 Å². The van der Waals surface area contributed by atoms with Crippen LogP contribution in [0, 0.1) is 0 Å². The Labute approximate surface area is 145 Å². The maximum Gasteiger partial charge on any atom is 0.254 e. The number of anilines is 1. The van der Waals surface area contributed by atoms with Crippen LogP contribution in [0.4, 0.5) is 5.13 Å². The van der Waals surface area contributed by atoms with Gasteiger partial charge >= 0.3 is 0 Å². The molecule has 2 aromatic heterocycles. The summed E-state index contributed by atoms with van der Waals surface area (Å²) in [6.45, 7) is 3.19. The highest BCUT2D eigenvalue weighted by Gasteiger charge is 2.17. The molecule has 0 unspecified atom stereocenters. The summed E-state index contributed by atoms with van der Waals surface area (Å²) in [5, 5.41) is 0.942. The van der Waals surface area contributed by atoms with E-state index in [-0.39, 0.29) is 5.91 Å². The second kappa shape index (κ2) is 6.60. The number of hydrogen-bond donors (Lipinski definition) is 0. The van der Waals surface area contributed by atoms with E-state index < -0.39 is 0 Å². The van der Waals surface area contributed by atoms with E-state index in [1.165, 1.54) is 0 Å². The summed E-state index contributed by atoms with van der Waals surface area (Å²) < 4.78 is 2.97. The largest absolute Gasteiger partial charge is 0.354 e. The first-order valence-corrected chi connectivity index (χ1v) is 8.63. The molecular weight excluding hydrogens is 322 g/mol. The minimum atomic E-state index is 0.0282. The number of rotatable bonds is 5. The highest BCUT2D eigenvalue weighted by atomic mass is 32.1. The topological polar surface area (TPSA) is 54.3 Å². The summed E-state index contributed by atoms with van der Waals surface area (Å²) in [7, 11) is 5.87. The first-order chi connectivity index (χ1) is 11.5. The molecule has 0 radical (unpaired) electrons. The quantitative estimate of drug-likeness (QED) is 0.715. The number of thiazole rings is 1. The molecule has 0 spiro atoms. The van der Waals surface area contributed by atoms with Gasteiger partial charge in [0.15, 0.2) is 5.13 Å². The first kappa shape index (κ1) is 16.4. The molecule has 0 bridgehead atoms. The third kappa shape index (κ3) is 3.12. The summed E-state index contributed by atoms with van der Waals surface area (Å²) in [6, 6.07) is 5.72. The molecule has 126 valence electrons. The minimum Gasteiger partial charge on any atom is -0.354 e. The van der Waals surface area contributed by atoms with Gasteiger partial charge in [0.2, 0.25) is 0 Å². The van der Waals surface area contributed by atoms with Crippen molar-refractivity contribution in [1.82, 2.24) is 19.4 Å². The Morgan fingerprint density at radius 2 is 2.12 bits per heavy atom. The molecule has 1 aromatic carbocycles. The summed E-state index contributed by atoms with van der Waals surface area (Å²) in [4.78, 5) is 25.3. The van der Waals surface area contributed by atoms with Gasteiger partial charge in [-0.2, -0.15) is 0 Å². The van der Waals surface area contributed by atoms with Gasteiger partial charge in [-0.25, -0.2) is 9.97 Å². The highest BCUT2D eigenvalue weighted by molar-refractivity contribution is 7.22. The van der Waals surface area contributed by atoms with E-state index in [1.807, 2.05) is 60.6 Å². The Morgan fingerprint density at radius 3 is 2.75 bits per heavy atom. The second-order valence-electron chi connectivity index (χ2n) is 5.89. The zero-order valence-corrected chi connectivity index (χ0v) is 15.2. The third-order valence-electron chi connectivity index (χ3n) is 3.94. The average molecular weight is 343 g/mol. The fraction of sp³-hybridized carbons (Fsp3) is 0.353. The first-order valence-electron chi connectivity index (χ1n) is 7.82. The van der Waals surface area contributed by atoms with Gasteiger partial charge < -0.3 is 14.4 Å². The standard InChI is InChI=1S/C17H21N5OS/c1-5-22(10-13-9-18-11-21(13)4)16(23)12-6-7-14-15(8-12)24-17(19-14)20(2)3/h6-9,11H,5,10H2,1-4H3. The predicted molar refractivity (Wildman–Crippen MR) is 97.6 cm³/mol. The van der Waals surface area contributed by atoms with Gasteiger partial charge in [0.25, 0.3) is 5.91 Å². The van der Waals surface area contributed by atoms with E-state index in [9.17, 15) is 4.79 Å². The predicted octanol–water partition coefficient (Wildman–Crippen LogP) is 2.76. The number of carbonyl (C=O) groups excluding carboxylic acids is 1. The molecule has 6 nitrogen and oxygen atoms in total. The number of amides is 1. The lowest BCUT2D eigenvalue weighted by Crippen LogP contribution is -2.31. The van der Waals surface area contributed by atoms with Crippen LogP contribution in [0.5, 0.6) is 0 Å². The lowest BCUT2D eigenvalue weighted by atomic mass is 10.2. The molecule has 0 aliphatic carbocycles. The van der Waals surface area contributed by atoms with Gasteiger partial charge in [-0.05, 0) is 25.1 Å². The van der Waals surface area contributed by atoms with E-state index in [0.29, 0.717) is 18.7 Å². The number of hydrogen-bond acceptors (Lipinski definition) is 5. The number of aromatic nitrogens is 3. The fourth-order valence-electron chi connectivity index (χ4n) is 2.48. The Kier molecular flexibility index (Phi) is 4.53. The number of imidazole rings is 1. The molecule has 2 heterocycles. The van der Waals surface area contributed by atoms with Crippen LogP contribution in [0.25, 0.3) is 10.2 Å². The fourth-order valence-corrected chi connectivity index (χ4v) is 3.41.